The van der Waals surface area contributed by atoms with Crippen LogP contribution in [0.4, 0.5) is 0 Å². The van der Waals surface area contributed by atoms with E-state index in [9.17, 15) is 0 Å². The third kappa shape index (κ3) is 3.40. The third-order valence-corrected chi connectivity index (χ3v) is 3.69. The lowest BCUT2D eigenvalue weighted by Gasteiger charge is -2.11. The smallest absolute Gasteiger partial charge is 0.0725 e. The van der Waals surface area contributed by atoms with E-state index in [0.717, 1.165) is 6.04 Å². The van der Waals surface area contributed by atoms with Gasteiger partial charge in [0.15, 0.2) is 0 Å². The monoisotopic (exact) mass is 147 g/mol. The second-order valence-electron chi connectivity index (χ2n) is 2.07. The minimum Gasteiger partial charge on any atom is -0.343 e. The van der Waals surface area contributed by atoms with Crippen LogP contribution in [0, 0.1) is 0 Å². The topological polar surface area (TPSA) is 12.0 Å². The van der Waals surface area contributed by atoms with Crippen LogP contribution in [0.25, 0.3) is 0 Å². The third-order valence-electron chi connectivity index (χ3n) is 1.48. The molecular formula is C5H17NSi2. The molecule has 1 nitrogen and oxygen atoms in total. The molecule has 1 N–H and O–H groups in total. The average molecular weight is 147 g/mol. The van der Waals surface area contributed by atoms with Gasteiger partial charge in [0.25, 0.3) is 0 Å². The van der Waals surface area contributed by atoms with Crippen LogP contribution in [0.2, 0.25) is 0 Å². The van der Waals surface area contributed by atoms with Crippen LogP contribution in [0.15, 0.2) is 0 Å². The Hall–Kier alpha value is 0.394. The minimum atomic E-state index is 0.233. The molecule has 50 valence electrons. The van der Waals surface area contributed by atoms with Crippen LogP contribution in [-0.4, -0.2) is 25.0 Å². The van der Waals surface area contributed by atoms with Crippen molar-refractivity contribution in [2.24, 2.45) is 0 Å². The molecule has 0 bridgehead atoms. The Morgan fingerprint density at radius 3 is 2.12 bits per heavy atom. The second-order valence-corrected chi connectivity index (χ2v) is 5.31. The highest BCUT2D eigenvalue weighted by atomic mass is 29.1. The highest BCUT2D eigenvalue weighted by molar-refractivity contribution is 6.87. The van der Waals surface area contributed by atoms with Crippen molar-refractivity contribution in [3.05, 3.63) is 0 Å². The first-order chi connectivity index (χ1) is 3.85. The van der Waals surface area contributed by atoms with Gasteiger partial charge in [-0.1, -0.05) is 13.8 Å². The summed E-state index contributed by atoms with van der Waals surface area (Å²) in [7, 11) is 1.66. The van der Waals surface area contributed by atoms with Gasteiger partial charge in [-0.15, -0.1) is 0 Å². The lowest BCUT2D eigenvalue weighted by atomic mass is 10.2. The maximum Gasteiger partial charge on any atom is 0.0725 e. The number of hydrogen-bond acceptors (Lipinski definition) is 1. The molecule has 0 fully saturated rings. The van der Waals surface area contributed by atoms with Gasteiger partial charge in [0.05, 0.1) is 9.20 Å². The van der Waals surface area contributed by atoms with E-state index in [0.29, 0.717) is 0 Å². The molecule has 0 unspecified atom stereocenters. The summed E-state index contributed by atoms with van der Waals surface area (Å²) < 4.78 is 0. The number of rotatable bonds is 4. The maximum absolute atomic E-state index is 3.58. The molecule has 0 atom stereocenters. The van der Waals surface area contributed by atoms with Gasteiger partial charge in [-0.25, -0.2) is 0 Å². The molecule has 3 heteroatoms. The van der Waals surface area contributed by atoms with Crippen LogP contribution in [0.5, 0.6) is 0 Å². The van der Waals surface area contributed by atoms with Crippen molar-refractivity contribution in [2.45, 2.75) is 32.7 Å². The lowest BCUT2D eigenvalue weighted by Crippen LogP contribution is -2.31. The molecule has 0 aliphatic carbocycles. The SMILES string of the molecule is CCC(CC)N[SiH2][SiH3]. The van der Waals surface area contributed by atoms with Crippen molar-refractivity contribution in [1.29, 1.82) is 0 Å². The van der Waals surface area contributed by atoms with Crippen LogP contribution < -0.4 is 4.98 Å². The highest BCUT2D eigenvalue weighted by Crippen LogP contribution is 1.92. The largest absolute Gasteiger partial charge is 0.343 e. The molecule has 0 saturated carbocycles. The van der Waals surface area contributed by atoms with E-state index >= 15 is 0 Å². The molecule has 0 aromatic carbocycles. The molecule has 0 spiro atoms. The number of nitrogens with one attached hydrogen (secondary N) is 1. The van der Waals surface area contributed by atoms with Gasteiger partial charge < -0.3 is 4.98 Å². The van der Waals surface area contributed by atoms with E-state index in [1.807, 2.05) is 0 Å². The van der Waals surface area contributed by atoms with E-state index in [1.54, 1.807) is 0 Å². The summed E-state index contributed by atoms with van der Waals surface area (Å²) in [5.74, 6) is 0. The van der Waals surface area contributed by atoms with Crippen molar-refractivity contribution >= 4 is 19.0 Å². The summed E-state index contributed by atoms with van der Waals surface area (Å²) >= 11 is 0. The molecule has 8 heavy (non-hydrogen) atoms. The van der Waals surface area contributed by atoms with Crippen LogP contribution in [0.3, 0.4) is 0 Å². The lowest BCUT2D eigenvalue weighted by molar-refractivity contribution is 0.584. The van der Waals surface area contributed by atoms with E-state index in [2.05, 4.69) is 18.8 Å². The zero-order valence-electron chi connectivity index (χ0n) is 6.20. The van der Waals surface area contributed by atoms with E-state index in [1.165, 1.54) is 22.6 Å². The van der Waals surface area contributed by atoms with Crippen LogP contribution >= 0.6 is 0 Å². The van der Waals surface area contributed by atoms with Crippen molar-refractivity contribution in [3.8, 4) is 0 Å². The Morgan fingerprint density at radius 1 is 1.50 bits per heavy atom. The molecule has 0 aliphatic heterocycles. The first kappa shape index (κ1) is 8.39. The molecule has 0 aromatic heterocycles. The van der Waals surface area contributed by atoms with Crippen LogP contribution in [0.1, 0.15) is 26.7 Å². The molecular weight excluding hydrogens is 130 g/mol. The quantitative estimate of drug-likeness (QED) is 0.510. The van der Waals surface area contributed by atoms with Crippen molar-refractivity contribution in [3.63, 3.8) is 0 Å². The van der Waals surface area contributed by atoms with Gasteiger partial charge in [-0.05, 0) is 18.9 Å². The number of hydrogen-bond donors (Lipinski definition) is 1. The maximum atomic E-state index is 3.58. The summed E-state index contributed by atoms with van der Waals surface area (Å²) in [5, 5.41) is 0. The molecule has 0 amide bonds. The fourth-order valence-electron chi connectivity index (χ4n) is 0.866. The highest BCUT2D eigenvalue weighted by Gasteiger charge is 1.96. The van der Waals surface area contributed by atoms with Gasteiger partial charge >= 0.3 is 0 Å². The first-order valence-electron chi connectivity index (χ1n) is 3.58. The van der Waals surface area contributed by atoms with Gasteiger partial charge in [0.1, 0.15) is 0 Å². The van der Waals surface area contributed by atoms with E-state index in [-0.39, 0.29) is 9.20 Å². The Kier molecular flexibility index (Phi) is 5.80. The summed E-state index contributed by atoms with van der Waals surface area (Å²) in [6.45, 7) is 4.51. The zero-order chi connectivity index (χ0) is 6.41. The summed E-state index contributed by atoms with van der Waals surface area (Å²) in [5.41, 5.74) is 0. The van der Waals surface area contributed by atoms with Gasteiger partial charge in [0, 0.05) is 9.76 Å². The Balaban J connectivity index is 3.07. The van der Waals surface area contributed by atoms with E-state index in [4.69, 9.17) is 0 Å². The Bertz CT molecular complexity index is 45.7. The van der Waals surface area contributed by atoms with E-state index < -0.39 is 0 Å². The fraction of sp³-hybridized carbons (Fsp3) is 1.00. The normalized spacial score (nSPS) is 12.4. The summed E-state index contributed by atoms with van der Waals surface area (Å²) in [6.07, 6.45) is 2.62. The molecule has 0 aliphatic rings. The van der Waals surface area contributed by atoms with Crippen molar-refractivity contribution in [1.82, 2.24) is 4.98 Å². The predicted octanol–water partition coefficient (Wildman–Crippen LogP) is -0.871. The second kappa shape index (κ2) is 5.53. The van der Waals surface area contributed by atoms with Crippen molar-refractivity contribution < 1.29 is 0 Å². The summed E-state index contributed by atoms with van der Waals surface area (Å²) in [4.78, 5) is 3.58. The Labute approximate surface area is 57.4 Å². The van der Waals surface area contributed by atoms with Gasteiger partial charge in [0.2, 0.25) is 0 Å². The van der Waals surface area contributed by atoms with Crippen molar-refractivity contribution in [2.75, 3.05) is 0 Å². The molecule has 0 rings (SSSR count). The molecule has 0 heterocycles. The molecule has 0 saturated heterocycles. The molecule has 0 aromatic rings. The minimum absolute atomic E-state index is 0.233. The van der Waals surface area contributed by atoms with Crippen LogP contribution in [-0.2, 0) is 0 Å². The fourth-order valence-corrected chi connectivity index (χ4v) is 3.75. The Morgan fingerprint density at radius 2 is 2.00 bits per heavy atom. The first-order valence-corrected chi connectivity index (χ1v) is 9.94. The van der Waals surface area contributed by atoms with Gasteiger partial charge in [-0.2, -0.15) is 0 Å². The average Bonchev–Trinajstić information content (AvgIpc) is 1.83. The molecule has 0 radical (unpaired) electrons. The standard InChI is InChI=1S/C5H17NSi2/c1-3-5(4-2)6-8-7/h5-6H,3-4,8H2,1-2,7H3. The summed E-state index contributed by atoms with van der Waals surface area (Å²) in [6, 6.07) is 0.846. The zero-order valence-corrected chi connectivity index (χ0v) is 9.61. The van der Waals surface area contributed by atoms with Gasteiger partial charge in [-0.3, -0.25) is 0 Å². The predicted molar refractivity (Wildman–Crippen MR) is 46.0 cm³/mol.